The van der Waals surface area contributed by atoms with E-state index in [2.05, 4.69) is 6.07 Å². The summed E-state index contributed by atoms with van der Waals surface area (Å²) in [5.74, 6) is 0.927. The molecule has 1 atom stereocenters. The number of hydrogen-bond donors (Lipinski definition) is 1. The standard InChI is InChI=1S/C11H12N2O/c12-5-3-10(13)9-2-1-8-4-6-14-11(8)7-9/h1-2,7,10H,3-4,6,13H2. The summed E-state index contributed by atoms with van der Waals surface area (Å²) >= 11 is 0. The Hall–Kier alpha value is -1.53. The monoisotopic (exact) mass is 188 g/mol. The lowest BCUT2D eigenvalue weighted by molar-refractivity contribution is 0.356. The molecule has 0 radical (unpaired) electrons. The van der Waals surface area contributed by atoms with Crippen molar-refractivity contribution in [1.29, 1.82) is 5.26 Å². The van der Waals surface area contributed by atoms with E-state index in [9.17, 15) is 0 Å². The van der Waals surface area contributed by atoms with Crippen molar-refractivity contribution in [3.63, 3.8) is 0 Å². The van der Waals surface area contributed by atoms with Gasteiger partial charge in [-0.05, 0) is 17.2 Å². The molecule has 1 heterocycles. The van der Waals surface area contributed by atoms with Gasteiger partial charge in [0.15, 0.2) is 0 Å². The van der Waals surface area contributed by atoms with Crippen LogP contribution < -0.4 is 10.5 Å². The van der Waals surface area contributed by atoms with E-state index < -0.39 is 0 Å². The molecular weight excluding hydrogens is 176 g/mol. The van der Waals surface area contributed by atoms with Gasteiger partial charge in [0.1, 0.15) is 5.75 Å². The highest BCUT2D eigenvalue weighted by atomic mass is 16.5. The second kappa shape index (κ2) is 3.69. The van der Waals surface area contributed by atoms with Gasteiger partial charge >= 0.3 is 0 Å². The SMILES string of the molecule is N#CCC(N)c1ccc2c(c1)OCC2. The molecule has 1 aliphatic heterocycles. The second-order valence-corrected chi connectivity index (χ2v) is 3.43. The lowest BCUT2D eigenvalue weighted by Gasteiger charge is -2.09. The summed E-state index contributed by atoms with van der Waals surface area (Å²) in [6.07, 6.45) is 1.32. The Morgan fingerprint density at radius 2 is 2.43 bits per heavy atom. The number of hydrogen-bond acceptors (Lipinski definition) is 3. The topological polar surface area (TPSA) is 59.0 Å². The van der Waals surface area contributed by atoms with Crippen LogP contribution in [0.1, 0.15) is 23.6 Å². The van der Waals surface area contributed by atoms with Crippen molar-refractivity contribution in [2.75, 3.05) is 6.61 Å². The van der Waals surface area contributed by atoms with Gasteiger partial charge in [0.05, 0.1) is 19.1 Å². The molecule has 3 heteroatoms. The lowest BCUT2D eigenvalue weighted by Crippen LogP contribution is -2.09. The highest BCUT2D eigenvalue weighted by molar-refractivity contribution is 5.41. The molecule has 0 saturated carbocycles. The van der Waals surface area contributed by atoms with E-state index in [0.29, 0.717) is 6.42 Å². The summed E-state index contributed by atoms with van der Waals surface area (Å²) in [4.78, 5) is 0. The van der Waals surface area contributed by atoms with E-state index >= 15 is 0 Å². The molecule has 14 heavy (non-hydrogen) atoms. The molecule has 0 amide bonds. The van der Waals surface area contributed by atoms with Crippen molar-refractivity contribution in [3.8, 4) is 11.8 Å². The van der Waals surface area contributed by atoms with Crippen LogP contribution in [0.15, 0.2) is 18.2 Å². The second-order valence-electron chi connectivity index (χ2n) is 3.43. The molecule has 2 N–H and O–H groups in total. The molecule has 1 aromatic rings. The fraction of sp³-hybridized carbons (Fsp3) is 0.364. The van der Waals surface area contributed by atoms with Gasteiger partial charge in [-0.2, -0.15) is 5.26 Å². The zero-order valence-corrected chi connectivity index (χ0v) is 7.86. The number of nitrogens with two attached hydrogens (primary N) is 1. The number of rotatable bonds is 2. The minimum absolute atomic E-state index is 0.200. The van der Waals surface area contributed by atoms with Gasteiger partial charge in [0.2, 0.25) is 0 Å². The molecule has 0 spiro atoms. The minimum atomic E-state index is -0.200. The van der Waals surface area contributed by atoms with Crippen LogP contribution in [0.3, 0.4) is 0 Å². The van der Waals surface area contributed by atoms with Crippen molar-refractivity contribution in [2.24, 2.45) is 5.73 Å². The van der Waals surface area contributed by atoms with E-state index in [1.165, 1.54) is 5.56 Å². The van der Waals surface area contributed by atoms with Crippen molar-refractivity contribution < 1.29 is 4.74 Å². The summed E-state index contributed by atoms with van der Waals surface area (Å²) in [5, 5.41) is 8.53. The van der Waals surface area contributed by atoms with Crippen LogP contribution in [-0.4, -0.2) is 6.61 Å². The van der Waals surface area contributed by atoms with Gasteiger partial charge in [-0.25, -0.2) is 0 Å². The average molecular weight is 188 g/mol. The van der Waals surface area contributed by atoms with Crippen LogP contribution in [0.25, 0.3) is 0 Å². The van der Waals surface area contributed by atoms with Crippen molar-refractivity contribution in [2.45, 2.75) is 18.9 Å². The number of ether oxygens (including phenoxy) is 1. The molecule has 3 nitrogen and oxygen atoms in total. The molecule has 1 aromatic carbocycles. The highest BCUT2D eigenvalue weighted by Gasteiger charge is 2.14. The maximum Gasteiger partial charge on any atom is 0.122 e. The van der Waals surface area contributed by atoms with Crippen LogP contribution in [0.4, 0.5) is 0 Å². The predicted molar refractivity (Wildman–Crippen MR) is 52.8 cm³/mol. The maximum absolute atomic E-state index is 8.53. The fourth-order valence-corrected chi connectivity index (χ4v) is 1.63. The average Bonchev–Trinajstić information content (AvgIpc) is 2.64. The Bertz CT molecular complexity index is 381. The van der Waals surface area contributed by atoms with E-state index in [4.69, 9.17) is 15.7 Å². The van der Waals surface area contributed by atoms with Crippen molar-refractivity contribution in [1.82, 2.24) is 0 Å². The van der Waals surface area contributed by atoms with Crippen molar-refractivity contribution in [3.05, 3.63) is 29.3 Å². The lowest BCUT2D eigenvalue weighted by atomic mass is 10.0. The van der Waals surface area contributed by atoms with Gasteiger partial charge in [-0.15, -0.1) is 0 Å². The largest absolute Gasteiger partial charge is 0.493 e. The van der Waals surface area contributed by atoms with Crippen LogP contribution in [0, 0.1) is 11.3 Å². The molecular formula is C11H12N2O. The van der Waals surface area contributed by atoms with E-state index in [1.54, 1.807) is 0 Å². The molecule has 72 valence electrons. The third-order valence-electron chi connectivity index (χ3n) is 2.46. The van der Waals surface area contributed by atoms with Crippen LogP contribution in [0.2, 0.25) is 0 Å². The first-order valence-electron chi connectivity index (χ1n) is 4.69. The third kappa shape index (κ3) is 1.57. The Morgan fingerprint density at radius 3 is 3.21 bits per heavy atom. The number of nitrogens with zero attached hydrogens (tertiary/aromatic N) is 1. The van der Waals surface area contributed by atoms with E-state index in [1.807, 2.05) is 18.2 Å². The highest BCUT2D eigenvalue weighted by Crippen LogP contribution is 2.28. The third-order valence-corrected chi connectivity index (χ3v) is 2.46. The molecule has 0 saturated heterocycles. The molecule has 2 rings (SSSR count). The summed E-state index contributed by atoms with van der Waals surface area (Å²) < 4.78 is 5.43. The zero-order valence-electron chi connectivity index (χ0n) is 7.86. The fourth-order valence-electron chi connectivity index (χ4n) is 1.63. The Labute approximate surface area is 83.1 Å². The quantitative estimate of drug-likeness (QED) is 0.765. The smallest absolute Gasteiger partial charge is 0.122 e. The van der Waals surface area contributed by atoms with Gasteiger partial charge in [-0.3, -0.25) is 0 Å². The van der Waals surface area contributed by atoms with Gasteiger partial charge in [0, 0.05) is 12.5 Å². The maximum atomic E-state index is 8.53. The predicted octanol–water partition coefficient (Wildman–Crippen LogP) is 1.53. The summed E-state index contributed by atoms with van der Waals surface area (Å²) in [6, 6.07) is 7.84. The van der Waals surface area contributed by atoms with Crippen molar-refractivity contribution >= 4 is 0 Å². The normalized spacial score (nSPS) is 15.4. The van der Waals surface area contributed by atoms with E-state index in [0.717, 1.165) is 24.3 Å². The van der Waals surface area contributed by atoms with Crippen LogP contribution >= 0.6 is 0 Å². The molecule has 0 aliphatic carbocycles. The van der Waals surface area contributed by atoms with Gasteiger partial charge in [0.25, 0.3) is 0 Å². The summed E-state index contributed by atoms with van der Waals surface area (Å²) in [7, 11) is 0. The van der Waals surface area contributed by atoms with Crippen LogP contribution in [-0.2, 0) is 6.42 Å². The van der Waals surface area contributed by atoms with Gasteiger partial charge in [-0.1, -0.05) is 12.1 Å². The number of fused-ring (bicyclic) bond motifs is 1. The van der Waals surface area contributed by atoms with E-state index in [-0.39, 0.29) is 6.04 Å². The minimum Gasteiger partial charge on any atom is -0.493 e. The Morgan fingerprint density at radius 1 is 1.57 bits per heavy atom. The number of nitriles is 1. The molecule has 0 aromatic heterocycles. The first-order chi connectivity index (χ1) is 6.81. The summed E-state index contributed by atoms with van der Waals surface area (Å²) in [5.41, 5.74) is 8.03. The molecule has 1 aliphatic rings. The first kappa shape index (κ1) is 9.04. The van der Waals surface area contributed by atoms with Gasteiger partial charge < -0.3 is 10.5 Å². The summed E-state index contributed by atoms with van der Waals surface area (Å²) in [6.45, 7) is 0.756. The molecule has 0 fully saturated rings. The molecule has 0 bridgehead atoms. The first-order valence-corrected chi connectivity index (χ1v) is 4.69. The Balaban J connectivity index is 2.25. The molecule has 1 unspecified atom stereocenters. The van der Waals surface area contributed by atoms with Crippen LogP contribution in [0.5, 0.6) is 5.75 Å². The zero-order chi connectivity index (χ0) is 9.97. The Kier molecular flexibility index (Phi) is 2.38. The number of benzene rings is 1.